The number of rotatable bonds is 6. The highest BCUT2D eigenvalue weighted by atomic mass is 16.2. The Labute approximate surface area is 188 Å². The van der Waals surface area contributed by atoms with Gasteiger partial charge in [0.1, 0.15) is 0 Å². The van der Waals surface area contributed by atoms with Crippen LogP contribution in [0.1, 0.15) is 51.2 Å². The fraction of sp³-hybridized carbons (Fsp3) is 0.214. The molecular weight excluding hydrogens is 396 g/mol. The Kier molecular flexibility index (Phi) is 5.46. The number of fused-ring (bicyclic) bond motifs is 1. The van der Waals surface area contributed by atoms with Gasteiger partial charge in [0.25, 0.3) is 11.8 Å². The first-order valence-corrected chi connectivity index (χ1v) is 11.2. The predicted octanol–water partition coefficient (Wildman–Crippen LogP) is 5.09. The average molecular weight is 423 g/mol. The molecule has 0 aromatic heterocycles. The van der Waals surface area contributed by atoms with Crippen molar-refractivity contribution in [3.05, 3.63) is 118 Å². The summed E-state index contributed by atoms with van der Waals surface area (Å²) in [6.45, 7) is 4.18. The van der Waals surface area contributed by atoms with E-state index in [1.165, 1.54) is 27.2 Å². The first-order chi connectivity index (χ1) is 15.7. The zero-order valence-electron chi connectivity index (χ0n) is 18.2. The first-order valence-electron chi connectivity index (χ1n) is 11.2. The van der Waals surface area contributed by atoms with E-state index in [1.54, 1.807) is 12.1 Å². The summed E-state index contributed by atoms with van der Waals surface area (Å²) in [4.78, 5) is 29.5. The van der Waals surface area contributed by atoms with E-state index in [0.717, 1.165) is 19.5 Å². The Morgan fingerprint density at radius 3 is 1.69 bits per heavy atom. The van der Waals surface area contributed by atoms with Crippen molar-refractivity contribution in [2.45, 2.75) is 19.4 Å². The first kappa shape index (κ1) is 20.4. The van der Waals surface area contributed by atoms with E-state index < -0.39 is 0 Å². The van der Waals surface area contributed by atoms with Crippen LogP contribution in [0.2, 0.25) is 0 Å². The standard InChI is InChI=1S/C28H26N2O2/c1-2-20(19-30-27(31)24-15-9-10-16-25(24)28(30)32)23-17-29(18-23)26(21-11-5-3-6-12-21)22-13-7-4-8-14-22/h3-16,26H,2,17-19H2,1H3. The second kappa shape index (κ2) is 8.56. The third kappa shape index (κ3) is 3.57. The number of carbonyl (C=O) groups excluding carboxylic acids is 2. The molecule has 160 valence electrons. The van der Waals surface area contributed by atoms with Gasteiger partial charge in [-0.15, -0.1) is 0 Å². The number of hydrogen-bond donors (Lipinski definition) is 0. The Morgan fingerprint density at radius 1 is 0.750 bits per heavy atom. The van der Waals surface area contributed by atoms with Crippen molar-refractivity contribution in [2.75, 3.05) is 19.6 Å². The van der Waals surface area contributed by atoms with Gasteiger partial charge in [-0.25, -0.2) is 0 Å². The van der Waals surface area contributed by atoms with Crippen LogP contribution in [-0.4, -0.2) is 41.2 Å². The van der Waals surface area contributed by atoms with Crippen LogP contribution in [-0.2, 0) is 0 Å². The molecule has 3 aromatic rings. The maximum Gasteiger partial charge on any atom is 0.261 e. The number of benzene rings is 3. The van der Waals surface area contributed by atoms with Crippen molar-refractivity contribution < 1.29 is 9.59 Å². The summed E-state index contributed by atoms with van der Waals surface area (Å²) in [5.74, 6) is -0.362. The molecule has 0 atom stereocenters. The quantitative estimate of drug-likeness (QED) is 0.410. The molecule has 2 aliphatic heterocycles. The largest absolute Gasteiger partial charge is 0.284 e. The molecule has 0 unspecified atom stereocenters. The fourth-order valence-corrected chi connectivity index (χ4v) is 4.78. The highest BCUT2D eigenvalue weighted by Crippen LogP contribution is 2.36. The summed E-state index contributed by atoms with van der Waals surface area (Å²) in [5, 5.41) is 0. The van der Waals surface area contributed by atoms with E-state index >= 15 is 0 Å². The number of amides is 2. The van der Waals surface area contributed by atoms with Crippen LogP contribution in [0.3, 0.4) is 0 Å². The van der Waals surface area contributed by atoms with Crippen LogP contribution in [0.4, 0.5) is 0 Å². The molecule has 0 aliphatic carbocycles. The molecule has 3 aromatic carbocycles. The summed E-state index contributed by atoms with van der Waals surface area (Å²) >= 11 is 0. The lowest BCUT2D eigenvalue weighted by Crippen LogP contribution is -2.45. The lowest BCUT2D eigenvalue weighted by molar-refractivity contribution is 0.0665. The average Bonchev–Trinajstić information content (AvgIpc) is 3.06. The van der Waals surface area contributed by atoms with Crippen molar-refractivity contribution in [3.8, 4) is 0 Å². The summed E-state index contributed by atoms with van der Waals surface area (Å²) in [6, 6.07) is 28.4. The van der Waals surface area contributed by atoms with Crippen molar-refractivity contribution >= 4 is 11.8 Å². The molecule has 5 rings (SSSR count). The van der Waals surface area contributed by atoms with Gasteiger partial charge >= 0.3 is 0 Å². The van der Waals surface area contributed by atoms with E-state index in [4.69, 9.17) is 0 Å². The number of likely N-dealkylation sites (tertiary alicyclic amines) is 1. The fourth-order valence-electron chi connectivity index (χ4n) is 4.78. The number of carbonyl (C=O) groups is 2. The van der Waals surface area contributed by atoms with Gasteiger partial charge in [0, 0.05) is 13.1 Å². The van der Waals surface area contributed by atoms with Crippen LogP contribution in [0, 0.1) is 0 Å². The van der Waals surface area contributed by atoms with Crippen LogP contribution < -0.4 is 0 Å². The number of nitrogens with zero attached hydrogens (tertiary/aromatic N) is 2. The molecule has 32 heavy (non-hydrogen) atoms. The lowest BCUT2D eigenvalue weighted by atomic mass is 9.90. The van der Waals surface area contributed by atoms with Gasteiger partial charge in [-0.05, 0) is 40.8 Å². The number of imide groups is 1. The SMILES string of the molecule is CCC(CN1C(=O)c2ccccc2C1=O)=C1CN(C(c2ccccc2)c2ccccc2)C1. The van der Waals surface area contributed by atoms with Crippen molar-refractivity contribution in [3.63, 3.8) is 0 Å². The smallest absolute Gasteiger partial charge is 0.261 e. The van der Waals surface area contributed by atoms with Gasteiger partial charge < -0.3 is 0 Å². The van der Waals surface area contributed by atoms with Gasteiger partial charge in [0.05, 0.1) is 23.7 Å². The van der Waals surface area contributed by atoms with Crippen LogP contribution >= 0.6 is 0 Å². The zero-order chi connectivity index (χ0) is 22.1. The highest BCUT2D eigenvalue weighted by molar-refractivity contribution is 6.21. The minimum absolute atomic E-state index is 0.181. The van der Waals surface area contributed by atoms with E-state index in [9.17, 15) is 9.59 Å². The second-order valence-electron chi connectivity index (χ2n) is 8.43. The van der Waals surface area contributed by atoms with E-state index in [0.29, 0.717) is 17.7 Å². The van der Waals surface area contributed by atoms with Gasteiger partial charge in [-0.1, -0.05) is 79.7 Å². The van der Waals surface area contributed by atoms with Crippen molar-refractivity contribution in [2.24, 2.45) is 0 Å². The molecule has 0 saturated carbocycles. The van der Waals surface area contributed by atoms with Gasteiger partial charge in [-0.3, -0.25) is 19.4 Å². The summed E-state index contributed by atoms with van der Waals surface area (Å²) in [6.07, 6.45) is 0.831. The summed E-state index contributed by atoms with van der Waals surface area (Å²) in [7, 11) is 0. The third-order valence-electron chi connectivity index (χ3n) is 6.54. The molecule has 4 nitrogen and oxygen atoms in total. The van der Waals surface area contributed by atoms with Gasteiger partial charge in [0.2, 0.25) is 0 Å². The van der Waals surface area contributed by atoms with E-state index in [2.05, 4.69) is 60.4 Å². The maximum absolute atomic E-state index is 12.8. The molecule has 1 saturated heterocycles. The van der Waals surface area contributed by atoms with Gasteiger partial charge in [-0.2, -0.15) is 0 Å². The molecule has 2 amide bonds. The van der Waals surface area contributed by atoms with Crippen LogP contribution in [0.15, 0.2) is 96.1 Å². The van der Waals surface area contributed by atoms with Crippen LogP contribution in [0.5, 0.6) is 0 Å². The van der Waals surface area contributed by atoms with Crippen LogP contribution in [0.25, 0.3) is 0 Å². The van der Waals surface area contributed by atoms with E-state index in [-0.39, 0.29) is 17.9 Å². The molecule has 2 aliphatic rings. The number of hydrogen-bond acceptors (Lipinski definition) is 3. The molecule has 4 heteroatoms. The molecule has 0 radical (unpaired) electrons. The molecular formula is C28H26N2O2. The van der Waals surface area contributed by atoms with Crippen molar-refractivity contribution in [1.29, 1.82) is 0 Å². The molecule has 0 N–H and O–H groups in total. The molecule has 2 heterocycles. The highest BCUT2D eigenvalue weighted by Gasteiger charge is 2.37. The minimum Gasteiger partial charge on any atom is -0.284 e. The third-order valence-corrected chi connectivity index (χ3v) is 6.54. The van der Waals surface area contributed by atoms with Crippen molar-refractivity contribution in [1.82, 2.24) is 9.80 Å². The molecule has 0 spiro atoms. The minimum atomic E-state index is -0.181. The maximum atomic E-state index is 12.8. The van der Waals surface area contributed by atoms with E-state index in [1.807, 2.05) is 24.3 Å². The Hall–Kier alpha value is -3.50. The molecule has 1 fully saturated rings. The topological polar surface area (TPSA) is 40.6 Å². The molecule has 0 bridgehead atoms. The monoisotopic (exact) mass is 422 g/mol. The van der Waals surface area contributed by atoms with Gasteiger partial charge in [0.15, 0.2) is 0 Å². The lowest BCUT2D eigenvalue weighted by Gasteiger charge is -2.42. The zero-order valence-corrected chi connectivity index (χ0v) is 18.2. The second-order valence-corrected chi connectivity index (χ2v) is 8.43. The summed E-state index contributed by atoms with van der Waals surface area (Å²) in [5.41, 5.74) is 6.10. The Bertz CT molecular complexity index is 1100. The normalized spacial score (nSPS) is 15.8. The summed E-state index contributed by atoms with van der Waals surface area (Å²) < 4.78 is 0. The predicted molar refractivity (Wildman–Crippen MR) is 125 cm³/mol. The Morgan fingerprint density at radius 2 is 1.22 bits per heavy atom. The Balaban J connectivity index is 1.37.